The molecular weight excluding hydrogens is 502 g/mol. The second kappa shape index (κ2) is 9.72. The van der Waals surface area contributed by atoms with E-state index in [1.165, 1.54) is 10.6 Å². The van der Waals surface area contributed by atoms with E-state index in [1.54, 1.807) is 41.5 Å². The second-order valence-electron chi connectivity index (χ2n) is 9.19. The Balaban J connectivity index is 1.68. The average molecular weight is 528 g/mol. The van der Waals surface area contributed by atoms with Gasteiger partial charge in [0.15, 0.2) is 0 Å². The molecule has 5 aromatic rings. The first-order valence-corrected chi connectivity index (χ1v) is 13.7. The summed E-state index contributed by atoms with van der Waals surface area (Å²) < 4.78 is 35.0. The third-order valence-corrected chi connectivity index (χ3v) is 7.23. The Morgan fingerprint density at radius 1 is 1.11 bits per heavy atom. The molecule has 0 aliphatic heterocycles. The van der Waals surface area contributed by atoms with Gasteiger partial charge in [-0.1, -0.05) is 12.1 Å². The summed E-state index contributed by atoms with van der Waals surface area (Å²) in [6.45, 7) is 5.77. The number of nitriles is 1. The molecule has 192 valence electrons. The molecule has 38 heavy (non-hydrogen) atoms. The smallest absolute Gasteiger partial charge is 0.232 e. The monoisotopic (exact) mass is 527 g/mol. The van der Waals surface area contributed by atoms with Crippen LogP contribution in [0, 0.1) is 18.3 Å². The molecule has 0 aliphatic carbocycles. The fourth-order valence-corrected chi connectivity index (χ4v) is 5.26. The number of pyridine rings is 3. The standard InChI is InChI=1S/C27H25N7O3S/c1-17(2)34-25(18(3)14-31-34)24-21(13-28)26(20-10-12-37-27(20)32-24)33(38(4,35)36)16-19-8-9-23(30-15-19)22-7-5-6-11-29-22/h5-12,14-15,17H,16H2,1-4H3. The molecule has 0 unspecified atom stereocenters. The van der Waals surface area contributed by atoms with Crippen molar-refractivity contribution in [3.05, 3.63) is 77.9 Å². The fraction of sp³-hybridized carbons (Fsp3) is 0.222. The fourth-order valence-electron chi connectivity index (χ4n) is 4.36. The molecule has 0 atom stereocenters. The van der Waals surface area contributed by atoms with Gasteiger partial charge in [-0.3, -0.25) is 19.0 Å². The van der Waals surface area contributed by atoms with E-state index in [9.17, 15) is 13.7 Å². The predicted octanol–water partition coefficient (Wildman–Crippen LogP) is 4.88. The van der Waals surface area contributed by atoms with Gasteiger partial charge in [-0.2, -0.15) is 10.4 Å². The maximum Gasteiger partial charge on any atom is 0.232 e. The van der Waals surface area contributed by atoms with Crippen LogP contribution < -0.4 is 4.31 Å². The normalized spacial score (nSPS) is 11.7. The van der Waals surface area contributed by atoms with E-state index in [4.69, 9.17) is 4.42 Å². The first-order valence-electron chi connectivity index (χ1n) is 11.9. The van der Waals surface area contributed by atoms with Gasteiger partial charge in [-0.25, -0.2) is 13.4 Å². The van der Waals surface area contributed by atoms with E-state index in [2.05, 4.69) is 26.1 Å². The molecule has 5 heterocycles. The summed E-state index contributed by atoms with van der Waals surface area (Å²) in [5.41, 5.74) is 4.30. The molecule has 5 rings (SSSR count). The van der Waals surface area contributed by atoms with E-state index in [1.807, 2.05) is 39.0 Å². The lowest BCUT2D eigenvalue weighted by atomic mass is 10.0. The Bertz CT molecular complexity index is 1770. The first-order chi connectivity index (χ1) is 18.2. The van der Waals surface area contributed by atoms with Crippen molar-refractivity contribution in [2.24, 2.45) is 0 Å². The van der Waals surface area contributed by atoms with Crippen LogP contribution in [0.4, 0.5) is 5.69 Å². The van der Waals surface area contributed by atoms with Crippen molar-refractivity contribution in [1.29, 1.82) is 5.26 Å². The minimum atomic E-state index is -3.85. The van der Waals surface area contributed by atoms with Crippen molar-refractivity contribution in [2.45, 2.75) is 33.4 Å². The molecule has 0 spiro atoms. The van der Waals surface area contributed by atoms with Crippen LogP contribution in [0.1, 0.15) is 36.6 Å². The van der Waals surface area contributed by atoms with Gasteiger partial charge < -0.3 is 4.42 Å². The number of anilines is 1. The van der Waals surface area contributed by atoms with E-state index < -0.39 is 10.0 Å². The molecule has 0 N–H and O–H groups in total. The Kier molecular flexibility index (Phi) is 6.42. The van der Waals surface area contributed by atoms with Crippen molar-refractivity contribution in [1.82, 2.24) is 24.7 Å². The van der Waals surface area contributed by atoms with Crippen LogP contribution in [-0.2, 0) is 16.6 Å². The molecular formula is C27H25N7O3S. The van der Waals surface area contributed by atoms with Gasteiger partial charge in [0, 0.05) is 18.4 Å². The lowest BCUT2D eigenvalue weighted by molar-refractivity contribution is 0.537. The molecule has 11 heteroatoms. The van der Waals surface area contributed by atoms with Crippen molar-refractivity contribution < 1.29 is 12.8 Å². The van der Waals surface area contributed by atoms with Crippen molar-refractivity contribution in [3.63, 3.8) is 0 Å². The summed E-state index contributed by atoms with van der Waals surface area (Å²) in [4.78, 5) is 13.4. The van der Waals surface area contributed by atoms with Crippen LogP contribution in [-0.4, -0.2) is 39.4 Å². The van der Waals surface area contributed by atoms with Crippen LogP contribution in [0.5, 0.6) is 0 Å². The molecule has 5 aromatic heterocycles. The van der Waals surface area contributed by atoms with Crippen molar-refractivity contribution in [2.75, 3.05) is 10.6 Å². The van der Waals surface area contributed by atoms with Gasteiger partial charge in [-0.05, 0) is 56.2 Å². The van der Waals surface area contributed by atoms with E-state index in [0.29, 0.717) is 33.7 Å². The summed E-state index contributed by atoms with van der Waals surface area (Å²) in [7, 11) is -3.85. The molecule has 0 bridgehead atoms. The van der Waals surface area contributed by atoms with Crippen LogP contribution in [0.15, 0.2) is 65.7 Å². The van der Waals surface area contributed by atoms with Gasteiger partial charge in [-0.15, -0.1) is 0 Å². The topological polar surface area (TPSA) is 131 Å². The largest absolute Gasteiger partial charge is 0.446 e. The SMILES string of the molecule is Cc1cnn(C(C)C)c1-c1nc2occc2c(N(Cc2ccc(-c3ccccn3)nc2)S(C)(=O)=O)c1C#N. The number of aromatic nitrogens is 5. The number of hydrogen-bond acceptors (Lipinski definition) is 8. The zero-order chi connectivity index (χ0) is 27.0. The molecule has 0 aliphatic rings. The van der Waals surface area contributed by atoms with Crippen LogP contribution in [0.3, 0.4) is 0 Å². The Hall–Kier alpha value is -4.56. The molecule has 0 saturated carbocycles. The summed E-state index contributed by atoms with van der Waals surface area (Å²) in [6, 6.07) is 13.0. The molecule has 0 fully saturated rings. The molecule has 0 aromatic carbocycles. The minimum Gasteiger partial charge on any atom is -0.446 e. The third-order valence-electron chi connectivity index (χ3n) is 6.12. The zero-order valence-corrected chi connectivity index (χ0v) is 22.1. The summed E-state index contributed by atoms with van der Waals surface area (Å²) in [5.74, 6) is 0. The van der Waals surface area contributed by atoms with Crippen LogP contribution in [0.2, 0.25) is 0 Å². The Labute approximate surface area is 220 Å². The number of hydrogen-bond donors (Lipinski definition) is 0. The number of rotatable bonds is 7. The number of sulfonamides is 1. The number of furan rings is 1. The first kappa shape index (κ1) is 25.1. The maximum atomic E-state index is 13.2. The van der Waals surface area contributed by atoms with E-state index in [0.717, 1.165) is 11.8 Å². The minimum absolute atomic E-state index is 0.0162. The lowest BCUT2D eigenvalue weighted by Crippen LogP contribution is -2.30. The molecule has 0 radical (unpaired) electrons. The quantitative estimate of drug-likeness (QED) is 0.293. The van der Waals surface area contributed by atoms with Crippen LogP contribution in [0.25, 0.3) is 33.9 Å². The summed E-state index contributed by atoms with van der Waals surface area (Å²) in [6.07, 6.45) is 7.54. The highest BCUT2D eigenvalue weighted by Crippen LogP contribution is 2.39. The number of aryl methyl sites for hydroxylation is 1. The zero-order valence-electron chi connectivity index (χ0n) is 21.3. The third kappa shape index (κ3) is 4.50. The molecule has 0 amide bonds. The van der Waals surface area contributed by atoms with Gasteiger partial charge in [0.25, 0.3) is 0 Å². The number of nitrogens with zero attached hydrogens (tertiary/aromatic N) is 7. The highest BCUT2D eigenvalue weighted by molar-refractivity contribution is 7.92. The van der Waals surface area contributed by atoms with Gasteiger partial charge in [0.05, 0.1) is 53.4 Å². The predicted molar refractivity (Wildman–Crippen MR) is 144 cm³/mol. The second-order valence-corrected chi connectivity index (χ2v) is 11.1. The average Bonchev–Trinajstić information content (AvgIpc) is 3.53. The Morgan fingerprint density at radius 2 is 1.89 bits per heavy atom. The highest BCUT2D eigenvalue weighted by atomic mass is 32.2. The highest BCUT2D eigenvalue weighted by Gasteiger charge is 2.30. The van der Waals surface area contributed by atoms with Crippen molar-refractivity contribution >= 4 is 26.8 Å². The van der Waals surface area contributed by atoms with Crippen LogP contribution >= 0.6 is 0 Å². The molecule has 0 saturated heterocycles. The van der Waals surface area contributed by atoms with E-state index >= 15 is 0 Å². The molecule has 10 nitrogen and oxygen atoms in total. The Morgan fingerprint density at radius 3 is 2.53 bits per heavy atom. The van der Waals surface area contributed by atoms with E-state index in [-0.39, 0.29) is 29.6 Å². The summed E-state index contributed by atoms with van der Waals surface area (Å²) in [5, 5.41) is 15.2. The summed E-state index contributed by atoms with van der Waals surface area (Å²) >= 11 is 0. The maximum absolute atomic E-state index is 13.2. The van der Waals surface area contributed by atoms with Crippen molar-refractivity contribution in [3.8, 4) is 28.8 Å². The van der Waals surface area contributed by atoms with Gasteiger partial charge in [0.2, 0.25) is 15.7 Å². The van der Waals surface area contributed by atoms with Gasteiger partial charge >= 0.3 is 0 Å². The van der Waals surface area contributed by atoms with Gasteiger partial charge in [0.1, 0.15) is 17.3 Å². The lowest BCUT2D eigenvalue weighted by Gasteiger charge is -2.25. The number of fused-ring (bicyclic) bond motifs is 1.